The van der Waals surface area contributed by atoms with E-state index in [0.29, 0.717) is 0 Å². The van der Waals surface area contributed by atoms with Crippen molar-refractivity contribution < 1.29 is 19.1 Å². The maximum Gasteiger partial charge on any atom is 0.358 e. The number of carbonyl (C=O) groups is 2. The molecule has 0 aliphatic carbocycles. The fourth-order valence-electron chi connectivity index (χ4n) is 1.16. The fourth-order valence-corrected chi connectivity index (χ4v) is 1.16. The van der Waals surface area contributed by atoms with E-state index in [0.717, 1.165) is 0 Å². The molecule has 0 bridgehead atoms. The molecule has 1 aromatic rings. The van der Waals surface area contributed by atoms with Gasteiger partial charge in [-0.25, -0.2) is 14.6 Å². The van der Waals surface area contributed by atoms with Gasteiger partial charge < -0.3 is 9.47 Å². The smallest absolute Gasteiger partial charge is 0.358 e. The monoisotopic (exact) mass is 273 g/mol. The van der Waals surface area contributed by atoms with Crippen molar-refractivity contribution in [3.05, 3.63) is 29.6 Å². The number of pyridine rings is 1. The Morgan fingerprint density at radius 1 is 1.05 bits per heavy atom. The third-order valence-electron chi connectivity index (χ3n) is 2.10. The Hall–Kier alpha value is -2.93. The van der Waals surface area contributed by atoms with E-state index in [9.17, 15) is 9.59 Å². The number of nitrogens with zero attached hydrogens (tertiary/aromatic N) is 3. The van der Waals surface area contributed by atoms with Crippen LogP contribution in [0.2, 0.25) is 0 Å². The van der Waals surface area contributed by atoms with Gasteiger partial charge in [0.1, 0.15) is 23.5 Å². The topological polar surface area (TPSA) is 113 Å². The molecule has 1 rings (SSSR count). The zero-order valence-electron chi connectivity index (χ0n) is 10.9. The van der Waals surface area contributed by atoms with Crippen LogP contribution in [0.25, 0.3) is 0 Å². The molecule has 2 atom stereocenters. The third-order valence-corrected chi connectivity index (χ3v) is 2.10. The average Bonchev–Trinajstić information content (AvgIpc) is 2.46. The maximum atomic E-state index is 11.6. The highest BCUT2D eigenvalue weighted by Crippen LogP contribution is 2.06. The normalized spacial score (nSPS) is 12.4. The van der Waals surface area contributed by atoms with Crippen molar-refractivity contribution in [2.24, 2.45) is 0 Å². The van der Waals surface area contributed by atoms with Crippen LogP contribution < -0.4 is 0 Å². The van der Waals surface area contributed by atoms with Crippen LogP contribution in [0.1, 0.15) is 34.8 Å². The van der Waals surface area contributed by atoms with Crippen LogP contribution in [0.15, 0.2) is 18.2 Å². The third kappa shape index (κ3) is 4.07. The van der Waals surface area contributed by atoms with E-state index in [-0.39, 0.29) is 11.4 Å². The van der Waals surface area contributed by atoms with Gasteiger partial charge in [-0.05, 0) is 26.0 Å². The van der Waals surface area contributed by atoms with E-state index in [1.54, 1.807) is 12.1 Å². The van der Waals surface area contributed by atoms with Crippen LogP contribution in [-0.4, -0.2) is 29.1 Å². The zero-order valence-corrected chi connectivity index (χ0v) is 10.9. The van der Waals surface area contributed by atoms with E-state index in [4.69, 9.17) is 20.0 Å². The van der Waals surface area contributed by atoms with E-state index < -0.39 is 24.1 Å². The lowest BCUT2D eigenvalue weighted by Crippen LogP contribution is -2.18. The molecular weight excluding hydrogens is 262 g/mol. The molecule has 0 aliphatic heterocycles. The highest BCUT2D eigenvalue weighted by molar-refractivity contribution is 5.91. The number of aromatic nitrogens is 1. The van der Waals surface area contributed by atoms with Crippen molar-refractivity contribution in [3.8, 4) is 12.1 Å². The summed E-state index contributed by atoms with van der Waals surface area (Å²) in [6.45, 7) is 2.81. The maximum absolute atomic E-state index is 11.6. The van der Waals surface area contributed by atoms with Gasteiger partial charge in [0.25, 0.3) is 0 Å². The fraction of sp³-hybridized carbons (Fsp3) is 0.308. The molecule has 7 nitrogen and oxygen atoms in total. The van der Waals surface area contributed by atoms with Crippen LogP contribution in [0, 0.1) is 22.7 Å². The van der Waals surface area contributed by atoms with Crippen molar-refractivity contribution in [2.75, 3.05) is 0 Å². The zero-order chi connectivity index (χ0) is 15.1. The SMILES string of the molecule is C[C@H](C#N)OC(=O)c1cccc(C(=O)O[C@H](C)C#N)n1. The summed E-state index contributed by atoms with van der Waals surface area (Å²) in [7, 11) is 0. The highest BCUT2D eigenvalue weighted by atomic mass is 16.5. The highest BCUT2D eigenvalue weighted by Gasteiger charge is 2.17. The second-order valence-corrected chi connectivity index (χ2v) is 3.76. The number of esters is 2. The minimum Gasteiger partial charge on any atom is -0.443 e. The Kier molecular flexibility index (Phi) is 5.19. The van der Waals surface area contributed by atoms with Crippen LogP contribution in [0.3, 0.4) is 0 Å². The first-order valence-electron chi connectivity index (χ1n) is 5.66. The van der Waals surface area contributed by atoms with Crippen LogP contribution in [-0.2, 0) is 9.47 Å². The number of hydrogen-bond acceptors (Lipinski definition) is 7. The van der Waals surface area contributed by atoms with Gasteiger partial charge >= 0.3 is 11.9 Å². The van der Waals surface area contributed by atoms with Crippen molar-refractivity contribution in [3.63, 3.8) is 0 Å². The second-order valence-electron chi connectivity index (χ2n) is 3.76. The van der Waals surface area contributed by atoms with Gasteiger partial charge in [-0.3, -0.25) is 0 Å². The summed E-state index contributed by atoms with van der Waals surface area (Å²) in [6, 6.07) is 7.59. The molecule has 0 amide bonds. The molecule has 0 unspecified atom stereocenters. The molecular formula is C13H11N3O4. The molecule has 102 valence electrons. The van der Waals surface area contributed by atoms with Gasteiger partial charge in [0.15, 0.2) is 12.2 Å². The molecule has 0 fully saturated rings. The number of rotatable bonds is 4. The molecule has 0 radical (unpaired) electrons. The summed E-state index contributed by atoms with van der Waals surface area (Å²) in [5.74, 6) is -1.64. The van der Waals surface area contributed by atoms with Crippen molar-refractivity contribution in [1.29, 1.82) is 10.5 Å². The molecule has 1 heterocycles. The molecule has 0 aromatic carbocycles. The predicted octanol–water partition coefficient (Wildman–Crippen LogP) is 1.22. The van der Waals surface area contributed by atoms with Gasteiger partial charge in [-0.2, -0.15) is 10.5 Å². The van der Waals surface area contributed by atoms with Gasteiger partial charge in [-0.15, -0.1) is 0 Å². The van der Waals surface area contributed by atoms with E-state index in [1.807, 2.05) is 0 Å². The van der Waals surface area contributed by atoms with Crippen LogP contribution in [0.4, 0.5) is 0 Å². The molecule has 0 N–H and O–H groups in total. The number of ether oxygens (including phenoxy) is 2. The molecule has 20 heavy (non-hydrogen) atoms. The second kappa shape index (κ2) is 6.86. The standard InChI is InChI=1S/C13H11N3O4/c1-8(6-14)19-12(17)10-4-3-5-11(16-10)13(18)20-9(2)7-15/h3-5,8-9H,1-2H3/t8-,9-/m1/s1. The van der Waals surface area contributed by atoms with Gasteiger partial charge in [0.2, 0.25) is 0 Å². The lowest BCUT2D eigenvalue weighted by atomic mass is 10.3. The number of nitriles is 2. The largest absolute Gasteiger partial charge is 0.443 e. The van der Waals surface area contributed by atoms with Gasteiger partial charge in [-0.1, -0.05) is 6.07 Å². The summed E-state index contributed by atoms with van der Waals surface area (Å²) in [4.78, 5) is 27.0. The van der Waals surface area contributed by atoms with Gasteiger partial charge in [0.05, 0.1) is 0 Å². The number of hydrogen-bond donors (Lipinski definition) is 0. The Morgan fingerprint density at radius 2 is 1.45 bits per heavy atom. The Morgan fingerprint density at radius 3 is 1.80 bits per heavy atom. The first-order valence-corrected chi connectivity index (χ1v) is 5.66. The summed E-state index contributed by atoms with van der Waals surface area (Å²) >= 11 is 0. The summed E-state index contributed by atoms with van der Waals surface area (Å²) in [5, 5.41) is 17.1. The summed E-state index contributed by atoms with van der Waals surface area (Å²) < 4.78 is 9.51. The Labute approximate surface area is 115 Å². The van der Waals surface area contributed by atoms with E-state index in [1.165, 1.54) is 32.0 Å². The predicted molar refractivity (Wildman–Crippen MR) is 65.2 cm³/mol. The molecule has 0 spiro atoms. The minimum absolute atomic E-state index is 0.119. The van der Waals surface area contributed by atoms with E-state index in [2.05, 4.69) is 4.98 Å². The van der Waals surface area contributed by atoms with Gasteiger partial charge in [0, 0.05) is 0 Å². The lowest BCUT2D eigenvalue weighted by molar-refractivity contribution is 0.0420. The number of carbonyl (C=O) groups excluding carboxylic acids is 2. The Balaban J connectivity index is 2.86. The molecule has 1 aromatic heterocycles. The first kappa shape index (κ1) is 15.1. The average molecular weight is 273 g/mol. The Bertz CT molecular complexity index is 551. The van der Waals surface area contributed by atoms with Crippen molar-refractivity contribution >= 4 is 11.9 Å². The molecule has 0 saturated heterocycles. The van der Waals surface area contributed by atoms with Crippen molar-refractivity contribution in [1.82, 2.24) is 4.98 Å². The summed E-state index contributed by atoms with van der Waals surface area (Å²) in [5.41, 5.74) is -0.239. The molecule has 0 saturated carbocycles. The lowest BCUT2D eigenvalue weighted by Gasteiger charge is -2.07. The molecule has 7 heteroatoms. The van der Waals surface area contributed by atoms with E-state index >= 15 is 0 Å². The van der Waals surface area contributed by atoms with Crippen LogP contribution in [0.5, 0.6) is 0 Å². The quantitative estimate of drug-likeness (QED) is 0.757. The summed E-state index contributed by atoms with van der Waals surface area (Å²) in [6.07, 6.45) is -1.84. The molecule has 0 aliphatic rings. The minimum atomic E-state index is -0.918. The van der Waals surface area contributed by atoms with Crippen molar-refractivity contribution in [2.45, 2.75) is 26.1 Å². The first-order chi connectivity index (χ1) is 9.47. The van der Waals surface area contributed by atoms with Crippen LogP contribution >= 0.6 is 0 Å².